The van der Waals surface area contributed by atoms with Gasteiger partial charge in [0.05, 0.1) is 33.9 Å². The first-order valence-corrected chi connectivity index (χ1v) is 12.8. The molecule has 0 radical (unpaired) electrons. The molecule has 0 saturated heterocycles. The maximum absolute atomic E-state index is 10.1. The van der Waals surface area contributed by atoms with Crippen LogP contribution in [0.4, 0.5) is 0 Å². The van der Waals surface area contributed by atoms with Crippen LogP contribution < -0.4 is 29.4 Å². The summed E-state index contributed by atoms with van der Waals surface area (Å²) >= 11 is 0. The molecule has 3 N–H and O–H groups in total. The van der Waals surface area contributed by atoms with Crippen molar-refractivity contribution in [2.24, 2.45) is 5.92 Å². The van der Waals surface area contributed by atoms with Gasteiger partial charge in [0.1, 0.15) is 12.6 Å². The Kier molecular flexibility index (Phi) is 25.7. The molecule has 0 aromatic heterocycles. The second kappa shape index (κ2) is 23.7. The van der Waals surface area contributed by atoms with Crippen LogP contribution in [0.2, 0.25) is 0 Å². The minimum absolute atomic E-state index is 0. The number of hydrogen-bond acceptors (Lipinski definition) is 4. The summed E-state index contributed by atoms with van der Waals surface area (Å²) in [4.78, 5) is 0. The highest BCUT2D eigenvalue weighted by molar-refractivity contribution is 4.53. The lowest BCUT2D eigenvalue weighted by Gasteiger charge is -2.31. The standard InChI is InChI=1S/C25H55N2O3.HI/c1-24(2)18-16-14-12-10-8-6-5-7-9-11-13-15-17-21-30-23-25(29)22-27(3,4)26-19-20-28;/h24-26,28-29H,5-23H2,1-4H3;1H/q+1;/p-1. The Labute approximate surface area is 211 Å². The highest BCUT2D eigenvalue weighted by Crippen LogP contribution is 2.14. The predicted octanol–water partition coefficient (Wildman–Crippen LogP) is 2.06. The van der Waals surface area contributed by atoms with Gasteiger partial charge in [0.25, 0.3) is 0 Å². The average Bonchev–Trinajstić information content (AvgIpc) is 2.68. The Balaban J connectivity index is 0. The number of hydrogen-bond donors (Lipinski definition) is 3. The topological polar surface area (TPSA) is 61.7 Å². The Morgan fingerprint density at radius 1 is 0.774 bits per heavy atom. The highest BCUT2D eigenvalue weighted by Gasteiger charge is 2.20. The normalized spacial score (nSPS) is 12.9. The number of aliphatic hydroxyl groups excluding tert-OH is 2. The number of likely N-dealkylation sites (N-methyl/N-ethyl adjacent to an activating group) is 1. The number of nitrogens with zero attached hydrogens (tertiary/aromatic N) is 1. The first kappa shape index (κ1) is 33.7. The average molecular weight is 559 g/mol. The van der Waals surface area contributed by atoms with Gasteiger partial charge >= 0.3 is 0 Å². The summed E-state index contributed by atoms with van der Waals surface area (Å²) in [6.45, 7) is 6.97. The molecular weight excluding hydrogens is 503 g/mol. The molecule has 190 valence electrons. The monoisotopic (exact) mass is 558 g/mol. The van der Waals surface area contributed by atoms with Gasteiger partial charge in [-0.15, -0.1) is 0 Å². The highest BCUT2D eigenvalue weighted by atomic mass is 127. The van der Waals surface area contributed by atoms with Gasteiger partial charge in [0, 0.05) is 6.61 Å². The van der Waals surface area contributed by atoms with E-state index in [1.54, 1.807) is 0 Å². The van der Waals surface area contributed by atoms with Crippen LogP contribution in [0.5, 0.6) is 0 Å². The summed E-state index contributed by atoms with van der Waals surface area (Å²) in [5.41, 5.74) is 3.17. The smallest absolute Gasteiger partial charge is 0.128 e. The minimum atomic E-state index is -0.480. The molecule has 31 heavy (non-hydrogen) atoms. The Morgan fingerprint density at radius 3 is 1.68 bits per heavy atom. The molecule has 0 rings (SSSR count). The van der Waals surface area contributed by atoms with E-state index in [0.29, 0.717) is 24.3 Å². The molecule has 0 aromatic rings. The maximum atomic E-state index is 10.1. The third kappa shape index (κ3) is 26.7. The number of ether oxygens (including phenoxy) is 1. The van der Waals surface area contributed by atoms with Crippen LogP contribution in [-0.2, 0) is 4.74 Å². The summed E-state index contributed by atoms with van der Waals surface area (Å²) < 4.78 is 6.10. The van der Waals surface area contributed by atoms with E-state index in [4.69, 9.17) is 9.84 Å². The van der Waals surface area contributed by atoms with Crippen molar-refractivity contribution >= 4 is 0 Å². The fraction of sp³-hybridized carbons (Fsp3) is 1.00. The number of unbranched alkanes of at least 4 members (excludes halogenated alkanes) is 12. The van der Waals surface area contributed by atoms with E-state index < -0.39 is 6.10 Å². The fourth-order valence-electron chi connectivity index (χ4n) is 3.92. The van der Waals surface area contributed by atoms with Crippen molar-refractivity contribution in [2.45, 2.75) is 110 Å². The van der Waals surface area contributed by atoms with Crippen molar-refractivity contribution in [3.05, 3.63) is 0 Å². The van der Waals surface area contributed by atoms with Crippen LogP contribution in [0.3, 0.4) is 0 Å². The molecule has 6 heteroatoms. The van der Waals surface area contributed by atoms with E-state index in [1.165, 1.54) is 83.5 Å². The van der Waals surface area contributed by atoms with Crippen LogP contribution in [0.1, 0.15) is 104 Å². The molecule has 0 amide bonds. The first-order valence-electron chi connectivity index (χ1n) is 12.8. The van der Waals surface area contributed by atoms with E-state index in [1.807, 2.05) is 14.1 Å². The number of aliphatic hydroxyl groups is 2. The molecule has 0 aliphatic rings. The summed E-state index contributed by atoms with van der Waals surface area (Å²) in [7, 11) is 3.96. The minimum Gasteiger partial charge on any atom is -1.00 e. The zero-order valence-electron chi connectivity index (χ0n) is 21.2. The van der Waals surface area contributed by atoms with Crippen molar-refractivity contribution in [2.75, 3.05) is 47.0 Å². The maximum Gasteiger partial charge on any atom is 0.128 e. The number of quaternary nitrogens is 1. The summed E-state index contributed by atoms with van der Waals surface area (Å²) in [6, 6.07) is 0. The Morgan fingerprint density at radius 2 is 1.23 bits per heavy atom. The predicted molar refractivity (Wildman–Crippen MR) is 128 cm³/mol. The van der Waals surface area contributed by atoms with Crippen LogP contribution in [0, 0.1) is 5.92 Å². The second-order valence-corrected chi connectivity index (χ2v) is 10.0. The van der Waals surface area contributed by atoms with Crippen LogP contribution >= 0.6 is 0 Å². The summed E-state index contributed by atoms with van der Waals surface area (Å²) in [6.07, 6.45) is 18.6. The van der Waals surface area contributed by atoms with Gasteiger partial charge in [0.2, 0.25) is 0 Å². The lowest BCUT2D eigenvalue weighted by Crippen LogP contribution is -3.00. The number of rotatable bonds is 23. The molecule has 0 spiro atoms. The molecule has 0 bridgehead atoms. The fourth-order valence-corrected chi connectivity index (χ4v) is 3.92. The third-order valence-electron chi connectivity index (χ3n) is 5.70. The summed E-state index contributed by atoms with van der Waals surface area (Å²) in [5.74, 6) is 0.869. The first-order chi connectivity index (χ1) is 14.4. The van der Waals surface area contributed by atoms with Gasteiger partial charge in [0.15, 0.2) is 0 Å². The number of nitrogens with one attached hydrogen (secondary N) is 1. The quantitative estimate of drug-likeness (QED) is 0.0778. The van der Waals surface area contributed by atoms with E-state index >= 15 is 0 Å². The molecule has 0 fully saturated rings. The molecule has 5 nitrogen and oxygen atoms in total. The Hall–Kier alpha value is 0.530. The van der Waals surface area contributed by atoms with Crippen molar-refractivity contribution in [3.8, 4) is 0 Å². The van der Waals surface area contributed by atoms with E-state index in [9.17, 15) is 5.11 Å². The van der Waals surface area contributed by atoms with E-state index in [-0.39, 0.29) is 30.6 Å². The van der Waals surface area contributed by atoms with Crippen molar-refractivity contribution in [1.29, 1.82) is 0 Å². The van der Waals surface area contributed by atoms with Gasteiger partial charge in [-0.2, -0.15) is 5.43 Å². The van der Waals surface area contributed by atoms with Gasteiger partial charge in [-0.05, 0) is 12.3 Å². The Bertz CT molecular complexity index is 358. The van der Waals surface area contributed by atoms with E-state index in [0.717, 1.165) is 18.9 Å². The van der Waals surface area contributed by atoms with Crippen molar-refractivity contribution in [1.82, 2.24) is 5.43 Å². The zero-order valence-corrected chi connectivity index (χ0v) is 23.4. The van der Waals surface area contributed by atoms with Gasteiger partial charge < -0.3 is 38.9 Å². The third-order valence-corrected chi connectivity index (χ3v) is 5.70. The second-order valence-electron chi connectivity index (χ2n) is 10.0. The lowest BCUT2D eigenvalue weighted by molar-refractivity contribution is -0.936. The molecule has 1 atom stereocenters. The van der Waals surface area contributed by atoms with Crippen LogP contribution in [0.25, 0.3) is 0 Å². The summed E-state index contributed by atoms with van der Waals surface area (Å²) in [5, 5.41) is 19.0. The molecule has 1 unspecified atom stereocenters. The van der Waals surface area contributed by atoms with Gasteiger partial charge in [-0.25, -0.2) is 4.59 Å². The van der Waals surface area contributed by atoms with Crippen molar-refractivity contribution in [3.63, 3.8) is 0 Å². The molecule has 0 heterocycles. The largest absolute Gasteiger partial charge is 1.00 e. The van der Waals surface area contributed by atoms with Crippen LogP contribution in [-0.4, -0.2) is 67.9 Å². The van der Waals surface area contributed by atoms with Gasteiger partial charge in [-0.1, -0.05) is 97.3 Å². The molecule has 0 aliphatic heterocycles. The van der Waals surface area contributed by atoms with E-state index in [2.05, 4.69) is 19.3 Å². The molecule has 0 saturated carbocycles. The lowest BCUT2D eigenvalue weighted by atomic mass is 10.0. The molecule has 0 aromatic carbocycles. The molecule has 0 aliphatic carbocycles. The van der Waals surface area contributed by atoms with Crippen LogP contribution in [0.15, 0.2) is 0 Å². The SMILES string of the molecule is CC(C)CCCCCCCCCCCCCCCOCC(O)C[N+](C)(C)NCCO.[I-]. The number of halogens is 1. The molecular formula is C25H55IN2O3. The van der Waals surface area contributed by atoms with Crippen molar-refractivity contribution < 1.29 is 43.5 Å². The van der Waals surface area contributed by atoms with Gasteiger partial charge in [-0.3, -0.25) is 0 Å². The zero-order chi connectivity index (χ0) is 22.5.